The highest BCUT2D eigenvalue weighted by molar-refractivity contribution is 6.00. The first-order chi connectivity index (χ1) is 12.0. The number of aliphatic carboxylic acids is 1. The van der Waals surface area contributed by atoms with Gasteiger partial charge in [0.15, 0.2) is 0 Å². The molecule has 2 aliphatic carbocycles. The Bertz CT molecular complexity index is 657. The maximum atomic E-state index is 12.5. The minimum absolute atomic E-state index is 0.139. The van der Waals surface area contributed by atoms with Gasteiger partial charge in [0.2, 0.25) is 0 Å². The largest absolute Gasteiger partial charge is 0.480 e. The number of carboxylic acids is 1. The first kappa shape index (κ1) is 17.5. The fourth-order valence-corrected chi connectivity index (χ4v) is 3.28. The van der Waals surface area contributed by atoms with Gasteiger partial charge in [-0.3, -0.25) is 9.59 Å². The van der Waals surface area contributed by atoms with Crippen LogP contribution in [0.3, 0.4) is 0 Å². The fourth-order valence-electron chi connectivity index (χ4n) is 3.28. The molecule has 25 heavy (non-hydrogen) atoms. The number of amides is 2. The van der Waals surface area contributed by atoms with Crippen molar-refractivity contribution < 1.29 is 19.5 Å². The van der Waals surface area contributed by atoms with Gasteiger partial charge in [0, 0.05) is 17.2 Å². The van der Waals surface area contributed by atoms with Gasteiger partial charge < -0.3 is 15.7 Å². The predicted octanol–water partition coefficient (Wildman–Crippen LogP) is 2.49. The molecule has 0 heterocycles. The van der Waals surface area contributed by atoms with Crippen molar-refractivity contribution >= 4 is 17.8 Å². The van der Waals surface area contributed by atoms with Crippen LogP contribution in [0.15, 0.2) is 24.3 Å². The average molecular weight is 344 g/mol. The molecule has 0 radical (unpaired) electrons. The molecule has 2 amide bonds. The van der Waals surface area contributed by atoms with E-state index in [9.17, 15) is 19.5 Å². The Balaban J connectivity index is 1.68. The van der Waals surface area contributed by atoms with E-state index < -0.39 is 17.4 Å². The molecule has 6 nitrogen and oxygen atoms in total. The van der Waals surface area contributed by atoms with E-state index in [4.69, 9.17) is 0 Å². The molecule has 3 rings (SSSR count). The van der Waals surface area contributed by atoms with Crippen molar-refractivity contribution in [3.63, 3.8) is 0 Å². The van der Waals surface area contributed by atoms with Gasteiger partial charge in [-0.05, 0) is 49.9 Å². The number of hydrogen-bond donors (Lipinski definition) is 3. The summed E-state index contributed by atoms with van der Waals surface area (Å²) in [5, 5.41) is 15.3. The van der Waals surface area contributed by atoms with Crippen LogP contribution in [0, 0.1) is 0 Å². The molecule has 2 fully saturated rings. The third kappa shape index (κ3) is 4.18. The van der Waals surface area contributed by atoms with E-state index >= 15 is 0 Å². The van der Waals surface area contributed by atoms with E-state index in [2.05, 4.69) is 10.6 Å². The quantitative estimate of drug-likeness (QED) is 0.715. The zero-order valence-electron chi connectivity index (χ0n) is 14.2. The summed E-state index contributed by atoms with van der Waals surface area (Å²) in [7, 11) is 0. The highest BCUT2D eigenvalue weighted by atomic mass is 16.4. The second-order valence-electron chi connectivity index (χ2n) is 7.08. The molecule has 0 bridgehead atoms. The molecule has 2 aliphatic rings. The minimum atomic E-state index is -1.18. The van der Waals surface area contributed by atoms with Crippen LogP contribution in [0.4, 0.5) is 0 Å². The lowest BCUT2D eigenvalue weighted by atomic mass is 9.89. The highest BCUT2D eigenvalue weighted by Gasteiger charge is 2.40. The van der Waals surface area contributed by atoms with Gasteiger partial charge in [0.05, 0.1) is 0 Å². The van der Waals surface area contributed by atoms with Gasteiger partial charge >= 0.3 is 5.97 Å². The number of carboxylic acid groups (broad SMARTS) is 1. The Kier molecular flexibility index (Phi) is 5.06. The maximum absolute atomic E-state index is 12.5. The molecule has 6 heteroatoms. The third-order valence-corrected chi connectivity index (χ3v) is 5.04. The molecule has 0 saturated heterocycles. The minimum Gasteiger partial charge on any atom is -0.480 e. The summed E-state index contributed by atoms with van der Waals surface area (Å²) in [4.78, 5) is 36.3. The van der Waals surface area contributed by atoms with Crippen LogP contribution in [0.25, 0.3) is 0 Å². The molecule has 1 aromatic rings. The first-order valence-corrected chi connectivity index (χ1v) is 8.97. The van der Waals surface area contributed by atoms with Crippen LogP contribution < -0.4 is 10.6 Å². The average Bonchev–Trinajstić information content (AvgIpc) is 3.42. The molecular formula is C19H24N2O4. The molecular weight excluding hydrogens is 320 g/mol. The maximum Gasteiger partial charge on any atom is 0.329 e. The topological polar surface area (TPSA) is 95.5 Å². The summed E-state index contributed by atoms with van der Waals surface area (Å²) >= 11 is 0. The van der Waals surface area contributed by atoms with E-state index in [1.807, 2.05) is 0 Å². The number of benzene rings is 1. The molecule has 3 N–H and O–H groups in total. The van der Waals surface area contributed by atoms with Gasteiger partial charge in [0.1, 0.15) is 5.54 Å². The SMILES string of the molecule is O=C(NC1CC1)c1ccc(C(=O)NC2(C(=O)O)CCCCCC2)cc1. The Morgan fingerprint density at radius 2 is 1.40 bits per heavy atom. The first-order valence-electron chi connectivity index (χ1n) is 8.97. The van der Waals surface area contributed by atoms with Crippen molar-refractivity contribution in [3.8, 4) is 0 Å². The lowest BCUT2D eigenvalue weighted by molar-refractivity contribution is -0.145. The lowest BCUT2D eigenvalue weighted by Crippen LogP contribution is -2.54. The second-order valence-corrected chi connectivity index (χ2v) is 7.08. The van der Waals surface area contributed by atoms with Crippen LogP contribution in [0.5, 0.6) is 0 Å². The van der Waals surface area contributed by atoms with Crippen molar-refractivity contribution in [3.05, 3.63) is 35.4 Å². The molecule has 0 unspecified atom stereocenters. The number of rotatable bonds is 5. The van der Waals surface area contributed by atoms with Gasteiger partial charge in [-0.15, -0.1) is 0 Å². The summed E-state index contributed by atoms with van der Waals surface area (Å²) in [6.07, 6.45) is 6.53. The zero-order chi connectivity index (χ0) is 17.9. The van der Waals surface area contributed by atoms with Crippen LogP contribution >= 0.6 is 0 Å². The molecule has 0 aliphatic heterocycles. The second kappa shape index (κ2) is 7.25. The van der Waals surface area contributed by atoms with E-state index in [1.165, 1.54) is 0 Å². The summed E-state index contributed by atoms with van der Waals surface area (Å²) in [5.74, 6) is -1.51. The predicted molar refractivity (Wildman–Crippen MR) is 92.5 cm³/mol. The third-order valence-electron chi connectivity index (χ3n) is 5.04. The van der Waals surface area contributed by atoms with Crippen LogP contribution in [-0.2, 0) is 4.79 Å². The molecule has 0 aromatic heterocycles. The van der Waals surface area contributed by atoms with Gasteiger partial charge in [-0.2, -0.15) is 0 Å². The van der Waals surface area contributed by atoms with Crippen LogP contribution in [0.2, 0.25) is 0 Å². The zero-order valence-corrected chi connectivity index (χ0v) is 14.2. The van der Waals surface area contributed by atoms with Crippen molar-refractivity contribution in [2.75, 3.05) is 0 Å². The highest BCUT2D eigenvalue weighted by Crippen LogP contribution is 2.28. The number of nitrogens with one attached hydrogen (secondary N) is 2. The summed E-state index contributed by atoms with van der Waals surface area (Å²) in [5.41, 5.74) is -0.311. The number of hydrogen-bond acceptors (Lipinski definition) is 3. The summed E-state index contributed by atoms with van der Waals surface area (Å²) < 4.78 is 0. The van der Waals surface area contributed by atoms with Gasteiger partial charge in [-0.1, -0.05) is 25.7 Å². The molecule has 0 atom stereocenters. The fraction of sp³-hybridized carbons (Fsp3) is 0.526. The Morgan fingerprint density at radius 3 is 1.88 bits per heavy atom. The van der Waals surface area contributed by atoms with Crippen molar-refractivity contribution in [1.29, 1.82) is 0 Å². The Hall–Kier alpha value is -2.37. The van der Waals surface area contributed by atoms with E-state index in [-0.39, 0.29) is 11.9 Å². The van der Waals surface area contributed by atoms with Gasteiger partial charge in [0.25, 0.3) is 11.8 Å². The molecule has 2 saturated carbocycles. The summed E-state index contributed by atoms with van der Waals surface area (Å²) in [6, 6.07) is 6.63. The molecule has 1 aromatic carbocycles. The lowest BCUT2D eigenvalue weighted by Gasteiger charge is -2.29. The van der Waals surface area contributed by atoms with Crippen LogP contribution in [0.1, 0.15) is 72.1 Å². The normalized spacial score (nSPS) is 19.5. The van der Waals surface area contributed by atoms with E-state index in [0.717, 1.165) is 38.5 Å². The monoisotopic (exact) mass is 344 g/mol. The standard InChI is InChI=1S/C19H24N2O4/c22-16(20-15-9-10-15)13-5-7-14(8-6-13)17(23)21-19(18(24)25)11-3-1-2-4-12-19/h5-8,15H,1-4,9-12H2,(H,20,22)(H,21,23)(H,24,25). The summed E-state index contributed by atoms with van der Waals surface area (Å²) in [6.45, 7) is 0. The van der Waals surface area contributed by atoms with Crippen LogP contribution in [-0.4, -0.2) is 34.5 Å². The van der Waals surface area contributed by atoms with Gasteiger partial charge in [-0.25, -0.2) is 4.79 Å². The molecule has 134 valence electrons. The Morgan fingerprint density at radius 1 is 0.880 bits per heavy atom. The number of carbonyl (C=O) groups excluding carboxylic acids is 2. The van der Waals surface area contributed by atoms with Crippen molar-refractivity contribution in [1.82, 2.24) is 10.6 Å². The van der Waals surface area contributed by atoms with E-state index in [1.54, 1.807) is 24.3 Å². The number of carbonyl (C=O) groups is 3. The van der Waals surface area contributed by atoms with Crippen molar-refractivity contribution in [2.24, 2.45) is 0 Å². The van der Waals surface area contributed by atoms with Crippen molar-refractivity contribution in [2.45, 2.75) is 62.9 Å². The Labute approximate surface area is 147 Å². The smallest absolute Gasteiger partial charge is 0.329 e. The molecule has 0 spiro atoms. The van der Waals surface area contributed by atoms with E-state index in [0.29, 0.717) is 24.0 Å².